The molecule has 0 amide bonds. The maximum Gasteiger partial charge on any atom is 0.342 e. The van der Waals surface area contributed by atoms with Crippen LogP contribution in [0.15, 0.2) is 107 Å². The molecule has 40 heavy (non-hydrogen) atoms. The molecule has 0 saturated carbocycles. The van der Waals surface area contributed by atoms with Gasteiger partial charge in [0.05, 0.1) is 6.61 Å². The predicted molar refractivity (Wildman–Crippen MR) is 154 cm³/mol. The van der Waals surface area contributed by atoms with Crippen molar-refractivity contribution < 1.29 is 26.9 Å². The van der Waals surface area contributed by atoms with Crippen LogP contribution < -0.4 is 25.1 Å². The van der Waals surface area contributed by atoms with E-state index >= 15 is 0 Å². The minimum atomic E-state index is -4.21. The van der Waals surface area contributed by atoms with Crippen molar-refractivity contribution in [1.82, 2.24) is 0 Å². The molecule has 0 bridgehead atoms. The molecule has 10 heteroatoms. The summed E-state index contributed by atoms with van der Waals surface area (Å²) in [4.78, 5) is 4.85. The molecule has 0 radical (unpaired) electrons. The molecule has 0 heterocycles. The number of hydrogen-bond donors (Lipinski definition) is 2. The highest BCUT2D eigenvalue weighted by Crippen LogP contribution is 2.30. The Labute approximate surface area is 234 Å². The van der Waals surface area contributed by atoms with Crippen molar-refractivity contribution in [2.75, 3.05) is 13.2 Å². The summed E-state index contributed by atoms with van der Waals surface area (Å²) in [6, 6.07) is 29.2. The molecule has 0 aliphatic rings. The van der Waals surface area contributed by atoms with Crippen molar-refractivity contribution in [3.63, 3.8) is 0 Å². The largest absolute Gasteiger partial charge is 0.493 e. The van der Waals surface area contributed by atoms with Crippen LogP contribution in [0.4, 0.5) is 0 Å². The van der Waals surface area contributed by atoms with Crippen LogP contribution in [0, 0.1) is 6.92 Å². The standard InChI is InChI=1S/C30H31N3O6S/c1-22-17-26(36-15-8-16-38-33-30(31)32)20-27(18-22)39-40(34,35)29-14-6-5-13-28(29)37-21-23-9-7-12-25(19-23)24-10-3-2-4-11-24/h2-7,9-14,17-20H,8,15-16,21H2,1H3,(H4,31,32,33). The quantitative estimate of drug-likeness (QED) is 0.0767. The van der Waals surface area contributed by atoms with Gasteiger partial charge in [-0.15, -0.1) is 0 Å². The van der Waals surface area contributed by atoms with Gasteiger partial charge in [-0.1, -0.05) is 60.7 Å². The van der Waals surface area contributed by atoms with Crippen LogP contribution in [-0.4, -0.2) is 27.6 Å². The highest BCUT2D eigenvalue weighted by Gasteiger charge is 2.22. The lowest BCUT2D eigenvalue weighted by Gasteiger charge is -2.14. The second-order valence-electron chi connectivity index (χ2n) is 8.87. The van der Waals surface area contributed by atoms with Gasteiger partial charge in [-0.3, -0.25) is 0 Å². The number of guanidine groups is 1. The van der Waals surface area contributed by atoms with Crippen LogP contribution in [-0.2, 0) is 21.6 Å². The number of nitrogens with two attached hydrogens (primary N) is 2. The van der Waals surface area contributed by atoms with E-state index in [2.05, 4.69) is 5.16 Å². The number of ether oxygens (including phenoxy) is 2. The topological polar surface area (TPSA) is 135 Å². The average Bonchev–Trinajstić information content (AvgIpc) is 2.94. The highest BCUT2D eigenvalue weighted by molar-refractivity contribution is 7.87. The molecule has 0 aromatic heterocycles. The van der Waals surface area contributed by atoms with Gasteiger partial charge in [-0.2, -0.15) is 8.42 Å². The Morgan fingerprint density at radius 1 is 0.775 bits per heavy atom. The van der Waals surface area contributed by atoms with Crippen molar-refractivity contribution in [2.45, 2.75) is 24.8 Å². The normalized spacial score (nSPS) is 10.9. The SMILES string of the molecule is Cc1cc(OCCCON=C(N)N)cc(OS(=O)(=O)c2ccccc2OCc2cccc(-c3ccccc3)c2)c1. The molecular formula is C30H31N3O6S. The third kappa shape index (κ3) is 8.15. The Morgan fingerprint density at radius 2 is 1.50 bits per heavy atom. The Hall–Kier alpha value is -4.70. The summed E-state index contributed by atoms with van der Waals surface area (Å²) in [6.07, 6.45) is 0.512. The molecule has 208 valence electrons. The molecular weight excluding hydrogens is 530 g/mol. The fraction of sp³-hybridized carbons (Fsp3) is 0.167. The van der Waals surface area contributed by atoms with Crippen molar-refractivity contribution in [1.29, 1.82) is 0 Å². The van der Waals surface area contributed by atoms with Gasteiger partial charge in [0.1, 0.15) is 35.4 Å². The number of oxime groups is 1. The maximum atomic E-state index is 13.3. The average molecular weight is 562 g/mol. The first-order valence-electron chi connectivity index (χ1n) is 12.6. The van der Waals surface area contributed by atoms with Crippen LogP contribution >= 0.6 is 0 Å². The first kappa shape index (κ1) is 28.3. The Morgan fingerprint density at radius 3 is 2.30 bits per heavy atom. The van der Waals surface area contributed by atoms with Crippen LogP contribution in [0.25, 0.3) is 11.1 Å². The Balaban J connectivity index is 1.43. The van der Waals surface area contributed by atoms with Crippen LogP contribution in [0.3, 0.4) is 0 Å². The van der Waals surface area contributed by atoms with Crippen LogP contribution in [0.5, 0.6) is 17.2 Å². The molecule has 4 N–H and O–H groups in total. The third-order valence-electron chi connectivity index (χ3n) is 5.60. The van der Waals surface area contributed by atoms with Gasteiger partial charge in [0.25, 0.3) is 0 Å². The van der Waals surface area contributed by atoms with Gasteiger partial charge < -0.3 is 30.0 Å². The number of hydrogen-bond acceptors (Lipinski definition) is 7. The zero-order valence-corrected chi connectivity index (χ0v) is 22.8. The van der Waals surface area contributed by atoms with Gasteiger partial charge in [-0.25, -0.2) is 0 Å². The third-order valence-corrected chi connectivity index (χ3v) is 6.88. The fourth-order valence-electron chi connectivity index (χ4n) is 3.86. The van der Waals surface area contributed by atoms with Crippen LogP contribution in [0.1, 0.15) is 17.5 Å². The van der Waals surface area contributed by atoms with E-state index in [4.69, 9.17) is 30.0 Å². The van der Waals surface area contributed by atoms with Gasteiger partial charge in [0.15, 0.2) is 0 Å². The van der Waals surface area contributed by atoms with Crippen molar-refractivity contribution >= 4 is 16.1 Å². The number of aryl methyl sites for hydroxylation is 1. The lowest BCUT2D eigenvalue weighted by atomic mass is 10.0. The van der Waals surface area contributed by atoms with E-state index in [1.807, 2.05) is 61.5 Å². The summed E-state index contributed by atoms with van der Waals surface area (Å²) in [6.45, 7) is 2.56. The molecule has 0 spiro atoms. The number of rotatable bonds is 13. The highest BCUT2D eigenvalue weighted by atomic mass is 32.2. The second-order valence-corrected chi connectivity index (χ2v) is 10.4. The molecule has 0 fully saturated rings. The van der Waals surface area contributed by atoms with E-state index in [1.54, 1.807) is 30.3 Å². The molecule has 4 aromatic rings. The summed E-state index contributed by atoms with van der Waals surface area (Å²) in [7, 11) is -4.21. The van der Waals surface area contributed by atoms with Crippen molar-refractivity contribution in [2.24, 2.45) is 16.6 Å². The molecule has 0 unspecified atom stereocenters. The fourth-order valence-corrected chi connectivity index (χ4v) is 4.92. The molecule has 9 nitrogen and oxygen atoms in total. The smallest absolute Gasteiger partial charge is 0.342 e. The Bertz CT molecular complexity index is 1550. The zero-order valence-electron chi connectivity index (χ0n) is 22.0. The molecule has 0 atom stereocenters. The van der Waals surface area contributed by atoms with E-state index in [-0.39, 0.29) is 35.6 Å². The molecule has 4 rings (SSSR count). The molecule has 0 saturated heterocycles. The second kappa shape index (κ2) is 13.4. The minimum absolute atomic E-state index is 0.0740. The summed E-state index contributed by atoms with van der Waals surface area (Å²) in [5, 5.41) is 3.44. The van der Waals surface area contributed by atoms with Gasteiger partial charge in [-0.05, 0) is 64.7 Å². The van der Waals surface area contributed by atoms with E-state index in [9.17, 15) is 8.42 Å². The zero-order chi connectivity index (χ0) is 28.4. The van der Waals surface area contributed by atoms with Crippen molar-refractivity contribution in [3.8, 4) is 28.4 Å². The lowest BCUT2D eigenvalue weighted by Crippen LogP contribution is -2.23. The summed E-state index contributed by atoms with van der Waals surface area (Å²) in [5.41, 5.74) is 14.2. The summed E-state index contributed by atoms with van der Waals surface area (Å²) in [5.74, 6) is 0.608. The van der Waals surface area contributed by atoms with E-state index < -0.39 is 10.1 Å². The first-order valence-corrected chi connectivity index (χ1v) is 14.0. The van der Waals surface area contributed by atoms with E-state index in [1.165, 1.54) is 12.1 Å². The Kier molecular flexibility index (Phi) is 9.48. The van der Waals surface area contributed by atoms with Crippen LogP contribution in [0.2, 0.25) is 0 Å². The van der Waals surface area contributed by atoms with Crippen molar-refractivity contribution in [3.05, 3.63) is 108 Å². The predicted octanol–water partition coefficient (Wildman–Crippen LogP) is 4.98. The molecule has 0 aliphatic heterocycles. The minimum Gasteiger partial charge on any atom is -0.493 e. The number of benzene rings is 4. The summed E-state index contributed by atoms with van der Waals surface area (Å²) < 4.78 is 43.8. The van der Waals surface area contributed by atoms with Gasteiger partial charge >= 0.3 is 10.1 Å². The van der Waals surface area contributed by atoms with E-state index in [0.29, 0.717) is 18.8 Å². The maximum absolute atomic E-state index is 13.3. The van der Waals surface area contributed by atoms with E-state index in [0.717, 1.165) is 22.3 Å². The number of nitrogens with zero attached hydrogens (tertiary/aromatic N) is 1. The first-order chi connectivity index (χ1) is 19.3. The van der Waals surface area contributed by atoms with Gasteiger partial charge in [0, 0.05) is 12.5 Å². The van der Waals surface area contributed by atoms with Gasteiger partial charge in [0.2, 0.25) is 5.96 Å². The summed E-state index contributed by atoms with van der Waals surface area (Å²) >= 11 is 0. The monoisotopic (exact) mass is 561 g/mol. The lowest BCUT2D eigenvalue weighted by molar-refractivity contribution is 0.127. The molecule has 4 aromatic carbocycles. The number of para-hydroxylation sites is 1. The molecule has 0 aliphatic carbocycles.